The van der Waals surface area contributed by atoms with Crippen molar-refractivity contribution in [2.75, 3.05) is 24.6 Å². The Hall–Kier alpha value is -3.26. The summed E-state index contributed by atoms with van der Waals surface area (Å²) in [5.41, 5.74) is 7.62. The fraction of sp³-hybridized carbons (Fsp3) is 0.500. The maximum Gasteiger partial charge on any atom is 0.169 e. The van der Waals surface area contributed by atoms with Gasteiger partial charge in [0, 0.05) is 25.2 Å². The molecule has 36 heavy (non-hydrogen) atoms. The number of anilines is 1. The summed E-state index contributed by atoms with van der Waals surface area (Å²) in [4.78, 5) is 13.1. The van der Waals surface area contributed by atoms with Crippen LogP contribution in [0.3, 0.4) is 0 Å². The number of aliphatic hydroxyl groups is 1. The number of benzene rings is 1. The van der Waals surface area contributed by atoms with E-state index in [9.17, 15) is 5.11 Å². The van der Waals surface area contributed by atoms with Crippen molar-refractivity contribution >= 4 is 11.4 Å². The summed E-state index contributed by atoms with van der Waals surface area (Å²) < 4.78 is 1.72. The third-order valence-corrected chi connectivity index (χ3v) is 6.91. The number of rotatable bonds is 10. The molecule has 1 aliphatic rings. The molecule has 0 fully saturated rings. The number of aliphatic hydroxyl groups excluding tert-OH is 1. The van der Waals surface area contributed by atoms with E-state index in [4.69, 9.17) is 9.82 Å². The Bertz CT molecular complexity index is 1160. The van der Waals surface area contributed by atoms with Gasteiger partial charge in [-0.2, -0.15) is 0 Å². The number of hydrogen-bond donors (Lipinski definition) is 1. The van der Waals surface area contributed by atoms with E-state index in [0.717, 1.165) is 42.9 Å². The molecule has 1 N–H and O–H groups in total. The Morgan fingerprint density at radius 2 is 2.00 bits per heavy atom. The number of hydrogen-bond acceptors (Lipinski definition) is 7. The molecular weight excluding hydrogens is 452 g/mol. The quantitative estimate of drug-likeness (QED) is 0.326. The zero-order valence-electron chi connectivity index (χ0n) is 21.9. The minimum Gasteiger partial charge on any atom is -0.394 e. The molecule has 0 saturated heterocycles. The standard InChI is InChI=1S/C28H38N6O2/c1-20-16-28-26(29-22(20)3)12-8-9-14-33(28)15-13-21(2)31-36-23(4)27-18-34(32-30-27)25(19-35)17-24-10-6-5-7-11-24/h5-7,10-11,16,18,23,25,35H,8-9,12-15,17,19H2,1-4H3/b31-21+/t23-,25-/m0/s1. The Labute approximate surface area is 214 Å². The third kappa shape index (κ3) is 6.49. The molecule has 0 radical (unpaired) electrons. The van der Waals surface area contributed by atoms with Gasteiger partial charge in [-0.25, -0.2) is 4.68 Å². The predicted octanol–water partition coefficient (Wildman–Crippen LogP) is 4.75. The van der Waals surface area contributed by atoms with E-state index in [1.165, 1.54) is 29.8 Å². The van der Waals surface area contributed by atoms with Crippen molar-refractivity contribution in [2.24, 2.45) is 5.16 Å². The van der Waals surface area contributed by atoms with Crippen LogP contribution < -0.4 is 4.90 Å². The van der Waals surface area contributed by atoms with Gasteiger partial charge in [0.25, 0.3) is 0 Å². The van der Waals surface area contributed by atoms with E-state index in [1.54, 1.807) is 4.68 Å². The van der Waals surface area contributed by atoms with E-state index >= 15 is 0 Å². The first kappa shape index (κ1) is 25.8. The molecule has 3 heterocycles. The van der Waals surface area contributed by atoms with Crippen molar-refractivity contribution in [1.29, 1.82) is 0 Å². The summed E-state index contributed by atoms with van der Waals surface area (Å²) in [6.07, 6.45) is 6.40. The van der Waals surface area contributed by atoms with Gasteiger partial charge in [-0.15, -0.1) is 5.10 Å². The highest BCUT2D eigenvalue weighted by Crippen LogP contribution is 2.27. The van der Waals surface area contributed by atoms with Crippen molar-refractivity contribution < 1.29 is 9.94 Å². The Morgan fingerprint density at radius 3 is 2.78 bits per heavy atom. The van der Waals surface area contributed by atoms with Crippen LogP contribution in [0.5, 0.6) is 0 Å². The smallest absolute Gasteiger partial charge is 0.169 e. The normalized spacial score (nSPS) is 15.8. The molecule has 0 spiro atoms. The van der Waals surface area contributed by atoms with Crippen molar-refractivity contribution in [3.05, 3.63) is 70.8 Å². The van der Waals surface area contributed by atoms with E-state index in [1.807, 2.05) is 50.4 Å². The van der Waals surface area contributed by atoms with Crippen LogP contribution in [-0.2, 0) is 17.7 Å². The van der Waals surface area contributed by atoms with Crippen molar-refractivity contribution in [2.45, 2.75) is 71.9 Å². The summed E-state index contributed by atoms with van der Waals surface area (Å²) in [6.45, 7) is 10.1. The van der Waals surface area contributed by atoms with Gasteiger partial charge >= 0.3 is 0 Å². The number of fused-ring (bicyclic) bond motifs is 1. The molecule has 0 saturated carbocycles. The summed E-state index contributed by atoms with van der Waals surface area (Å²) in [5.74, 6) is 0. The lowest BCUT2D eigenvalue weighted by Crippen LogP contribution is -2.27. The molecule has 0 aliphatic carbocycles. The predicted molar refractivity (Wildman–Crippen MR) is 142 cm³/mol. The molecule has 0 amide bonds. The van der Waals surface area contributed by atoms with Crippen molar-refractivity contribution in [3.8, 4) is 0 Å². The fourth-order valence-electron chi connectivity index (χ4n) is 4.49. The van der Waals surface area contributed by atoms with E-state index < -0.39 is 0 Å². The monoisotopic (exact) mass is 490 g/mol. The zero-order valence-corrected chi connectivity index (χ0v) is 21.9. The van der Waals surface area contributed by atoms with Gasteiger partial charge in [-0.3, -0.25) is 4.98 Å². The van der Waals surface area contributed by atoms with Crippen LogP contribution >= 0.6 is 0 Å². The van der Waals surface area contributed by atoms with Gasteiger partial charge in [-0.1, -0.05) is 40.7 Å². The molecule has 0 unspecified atom stereocenters. The SMILES string of the molecule is C/C(CCN1CCCCc2nc(C)c(C)cc21)=N\O[C@@H](C)c1cn([C@H](CO)Cc2ccccc2)nn1. The van der Waals surface area contributed by atoms with Gasteiger partial charge in [0.1, 0.15) is 5.69 Å². The van der Waals surface area contributed by atoms with Crippen LogP contribution in [0, 0.1) is 13.8 Å². The average molecular weight is 491 g/mol. The van der Waals surface area contributed by atoms with Gasteiger partial charge < -0.3 is 14.8 Å². The summed E-state index contributed by atoms with van der Waals surface area (Å²) >= 11 is 0. The highest BCUT2D eigenvalue weighted by atomic mass is 16.6. The van der Waals surface area contributed by atoms with Crippen molar-refractivity contribution in [3.63, 3.8) is 0 Å². The Kier molecular flexibility index (Phi) is 8.70. The summed E-state index contributed by atoms with van der Waals surface area (Å²) in [6, 6.07) is 12.2. The topological polar surface area (TPSA) is 88.7 Å². The number of aryl methyl sites for hydroxylation is 3. The van der Waals surface area contributed by atoms with Crippen LogP contribution in [0.2, 0.25) is 0 Å². The second-order valence-electron chi connectivity index (χ2n) is 9.77. The average Bonchev–Trinajstić information content (AvgIpc) is 3.30. The molecule has 1 aromatic carbocycles. The molecule has 192 valence electrons. The number of nitrogens with zero attached hydrogens (tertiary/aromatic N) is 6. The number of pyridine rings is 1. The van der Waals surface area contributed by atoms with E-state index in [0.29, 0.717) is 12.1 Å². The van der Waals surface area contributed by atoms with Crippen molar-refractivity contribution in [1.82, 2.24) is 20.0 Å². The largest absolute Gasteiger partial charge is 0.394 e. The van der Waals surface area contributed by atoms with Gasteiger partial charge in [0.05, 0.1) is 35.9 Å². The van der Waals surface area contributed by atoms with Gasteiger partial charge in [0.2, 0.25) is 0 Å². The lowest BCUT2D eigenvalue weighted by molar-refractivity contribution is 0.0685. The molecule has 3 aromatic rings. The maximum atomic E-state index is 9.89. The Balaban J connectivity index is 1.33. The molecule has 8 heteroatoms. The first-order chi connectivity index (χ1) is 17.4. The minimum absolute atomic E-state index is 0.0154. The maximum absolute atomic E-state index is 9.89. The Morgan fingerprint density at radius 1 is 1.19 bits per heavy atom. The first-order valence-electron chi connectivity index (χ1n) is 12.9. The summed E-state index contributed by atoms with van der Waals surface area (Å²) in [7, 11) is 0. The molecule has 0 bridgehead atoms. The van der Waals surface area contributed by atoms with Crippen LogP contribution in [-0.4, -0.2) is 50.5 Å². The molecule has 2 aromatic heterocycles. The lowest BCUT2D eigenvalue weighted by atomic mass is 10.1. The van der Waals surface area contributed by atoms with Crippen LogP contribution in [0.15, 0.2) is 47.8 Å². The van der Waals surface area contributed by atoms with Crippen LogP contribution in [0.25, 0.3) is 0 Å². The fourth-order valence-corrected chi connectivity index (χ4v) is 4.49. The molecule has 4 rings (SSSR count). The number of oxime groups is 1. The minimum atomic E-state index is -0.335. The number of aromatic nitrogens is 4. The van der Waals surface area contributed by atoms with E-state index in [-0.39, 0.29) is 18.8 Å². The second kappa shape index (κ2) is 12.1. The molecule has 8 nitrogen and oxygen atoms in total. The van der Waals surface area contributed by atoms with Crippen LogP contribution in [0.1, 0.15) is 73.5 Å². The second-order valence-corrected chi connectivity index (χ2v) is 9.77. The zero-order chi connectivity index (χ0) is 25.5. The highest BCUT2D eigenvalue weighted by Gasteiger charge is 2.19. The highest BCUT2D eigenvalue weighted by molar-refractivity contribution is 5.81. The van der Waals surface area contributed by atoms with Gasteiger partial charge in [-0.05, 0) is 70.6 Å². The van der Waals surface area contributed by atoms with Gasteiger partial charge in [0.15, 0.2) is 6.10 Å². The van der Waals surface area contributed by atoms with E-state index in [2.05, 4.69) is 40.3 Å². The third-order valence-electron chi connectivity index (χ3n) is 6.91. The summed E-state index contributed by atoms with van der Waals surface area (Å²) in [5, 5.41) is 22.8. The van der Waals surface area contributed by atoms with Crippen LogP contribution in [0.4, 0.5) is 5.69 Å². The molecule has 2 atom stereocenters. The first-order valence-corrected chi connectivity index (χ1v) is 12.9. The molecule has 1 aliphatic heterocycles. The lowest BCUT2D eigenvalue weighted by Gasteiger charge is -2.25. The molecular formula is C28H38N6O2.